The predicted molar refractivity (Wildman–Crippen MR) is 90.8 cm³/mol. The molecule has 0 aliphatic carbocycles. The summed E-state index contributed by atoms with van der Waals surface area (Å²) in [6.07, 6.45) is 1.44. The molecule has 1 heterocycles. The average Bonchev–Trinajstić information content (AvgIpc) is 2.82. The largest absolute Gasteiger partial charge is 0.481 e. The van der Waals surface area contributed by atoms with Crippen LogP contribution in [-0.2, 0) is 22.6 Å². The number of aliphatic carboxylic acids is 1. The molecule has 2 rings (SSSR count). The Morgan fingerprint density at radius 2 is 2.08 bits per heavy atom. The lowest BCUT2D eigenvalue weighted by Gasteiger charge is -2.28. The zero-order valence-electron chi connectivity index (χ0n) is 14.2. The van der Waals surface area contributed by atoms with Gasteiger partial charge in [0, 0.05) is 24.9 Å². The van der Waals surface area contributed by atoms with E-state index in [0.29, 0.717) is 36.9 Å². The molecule has 5 nitrogen and oxygen atoms in total. The summed E-state index contributed by atoms with van der Waals surface area (Å²) in [5.74, 6) is -0.799. The minimum atomic E-state index is -0.894. The number of benzene rings is 1. The van der Waals surface area contributed by atoms with Crippen LogP contribution in [0.2, 0.25) is 0 Å². The van der Waals surface area contributed by atoms with E-state index in [0.717, 1.165) is 11.1 Å². The molecule has 1 aliphatic rings. The van der Waals surface area contributed by atoms with Gasteiger partial charge in [0.05, 0.1) is 12.5 Å². The van der Waals surface area contributed by atoms with Crippen molar-refractivity contribution in [2.24, 2.45) is 0 Å². The standard InChI is InChI=1S/C19H23NO4/c1-4-15(21)6-8-17(12(2)3)20-11-14-9-13(10-18(22)23)5-7-16(14)19(20)24/h5,7,9,17H,2,4,6,8,10-11H2,1,3H3,(H,22,23). The van der Waals surface area contributed by atoms with Crippen molar-refractivity contribution in [1.82, 2.24) is 4.90 Å². The summed E-state index contributed by atoms with van der Waals surface area (Å²) in [5.41, 5.74) is 2.98. The van der Waals surface area contributed by atoms with Crippen LogP contribution in [0.4, 0.5) is 0 Å². The number of Topliss-reactive ketones (excluding diaryl/α,β-unsaturated/α-hetero) is 1. The number of carboxylic acid groups (broad SMARTS) is 1. The molecule has 128 valence electrons. The average molecular weight is 329 g/mol. The smallest absolute Gasteiger partial charge is 0.307 e. The van der Waals surface area contributed by atoms with Crippen molar-refractivity contribution in [3.8, 4) is 0 Å². The van der Waals surface area contributed by atoms with Gasteiger partial charge >= 0.3 is 5.97 Å². The number of carbonyl (C=O) groups excluding carboxylic acids is 2. The molecule has 1 aromatic rings. The molecule has 1 aromatic carbocycles. The van der Waals surface area contributed by atoms with Crippen molar-refractivity contribution in [1.29, 1.82) is 0 Å². The van der Waals surface area contributed by atoms with E-state index in [1.54, 1.807) is 23.1 Å². The van der Waals surface area contributed by atoms with Gasteiger partial charge in [0.1, 0.15) is 5.78 Å². The Labute approximate surface area is 142 Å². The van der Waals surface area contributed by atoms with Gasteiger partial charge in [0.2, 0.25) is 0 Å². The first-order chi connectivity index (χ1) is 11.3. The van der Waals surface area contributed by atoms with Gasteiger partial charge in [-0.2, -0.15) is 0 Å². The maximum absolute atomic E-state index is 12.7. The summed E-state index contributed by atoms with van der Waals surface area (Å²) < 4.78 is 0. The van der Waals surface area contributed by atoms with Crippen LogP contribution >= 0.6 is 0 Å². The molecule has 1 amide bonds. The zero-order valence-corrected chi connectivity index (χ0v) is 14.2. The molecule has 0 saturated carbocycles. The molecule has 1 unspecified atom stereocenters. The molecule has 5 heteroatoms. The highest BCUT2D eigenvalue weighted by atomic mass is 16.4. The number of hydrogen-bond donors (Lipinski definition) is 1. The Kier molecular flexibility index (Phi) is 5.54. The van der Waals surface area contributed by atoms with Crippen LogP contribution in [0, 0.1) is 0 Å². The van der Waals surface area contributed by atoms with E-state index in [1.807, 2.05) is 13.8 Å². The zero-order chi connectivity index (χ0) is 17.9. The summed E-state index contributed by atoms with van der Waals surface area (Å²) in [5, 5.41) is 8.90. The lowest BCUT2D eigenvalue weighted by atomic mass is 10.0. The number of ketones is 1. The first-order valence-corrected chi connectivity index (χ1v) is 8.15. The number of rotatable bonds is 8. The second-order valence-electron chi connectivity index (χ2n) is 6.29. The van der Waals surface area contributed by atoms with Crippen LogP contribution in [0.15, 0.2) is 30.4 Å². The van der Waals surface area contributed by atoms with Gasteiger partial charge in [-0.1, -0.05) is 31.2 Å². The predicted octanol–water partition coefficient (Wildman–Crippen LogP) is 2.97. The Balaban J connectivity index is 2.19. The molecule has 0 fully saturated rings. The van der Waals surface area contributed by atoms with Gasteiger partial charge < -0.3 is 10.0 Å². The Bertz CT molecular complexity index is 693. The van der Waals surface area contributed by atoms with Gasteiger partial charge in [-0.05, 0) is 30.5 Å². The van der Waals surface area contributed by atoms with Gasteiger partial charge in [-0.15, -0.1) is 0 Å². The molecule has 1 aliphatic heterocycles. The van der Waals surface area contributed by atoms with Crippen molar-refractivity contribution < 1.29 is 19.5 Å². The lowest BCUT2D eigenvalue weighted by molar-refractivity contribution is -0.136. The van der Waals surface area contributed by atoms with E-state index in [2.05, 4.69) is 6.58 Å². The van der Waals surface area contributed by atoms with E-state index in [-0.39, 0.29) is 24.2 Å². The Morgan fingerprint density at radius 3 is 2.67 bits per heavy atom. The third-order valence-electron chi connectivity index (χ3n) is 4.39. The van der Waals surface area contributed by atoms with E-state index in [9.17, 15) is 14.4 Å². The number of fused-ring (bicyclic) bond motifs is 1. The fraction of sp³-hybridized carbons (Fsp3) is 0.421. The van der Waals surface area contributed by atoms with Crippen LogP contribution in [-0.4, -0.2) is 33.7 Å². The van der Waals surface area contributed by atoms with Gasteiger partial charge in [0.25, 0.3) is 5.91 Å². The van der Waals surface area contributed by atoms with Crippen molar-refractivity contribution >= 4 is 17.7 Å². The van der Waals surface area contributed by atoms with Crippen molar-refractivity contribution in [3.63, 3.8) is 0 Å². The summed E-state index contributed by atoms with van der Waals surface area (Å²) in [7, 11) is 0. The summed E-state index contributed by atoms with van der Waals surface area (Å²) in [4.78, 5) is 36.9. The highest BCUT2D eigenvalue weighted by Gasteiger charge is 2.33. The Hall–Kier alpha value is -2.43. The molecule has 0 saturated heterocycles. The molecule has 0 aromatic heterocycles. The number of hydrogen-bond acceptors (Lipinski definition) is 3. The topological polar surface area (TPSA) is 74.7 Å². The second kappa shape index (κ2) is 7.43. The third-order valence-corrected chi connectivity index (χ3v) is 4.39. The molecule has 0 radical (unpaired) electrons. The van der Waals surface area contributed by atoms with Gasteiger partial charge in [-0.25, -0.2) is 0 Å². The number of carboxylic acids is 1. The highest BCUT2D eigenvalue weighted by Crippen LogP contribution is 2.29. The fourth-order valence-electron chi connectivity index (χ4n) is 3.08. The van der Waals surface area contributed by atoms with Crippen LogP contribution in [0.1, 0.15) is 54.6 Å². The van der Waals surface area contributed by atoms with Gasteiger partial charge in [0.15, 0.2) is 0 Å². The summed E-state index contributed by atoms with van der Waals surface area (Å²) in [6.45, 7) is 8.11. The summed E-state index contributed by atoms with van der Waals surface area (Å²) in [6, 6.07) is 4.99. The maximum Gasteiger partial charge on any atom is 0.307 e. The van der Waals surface area contributed by atoms with E-state index < -0.39 is 5.97 Å². The van der Waals surface area contributed by atoms with Crippen LogP contribution < -0.4 is 0 Å². The molecule has 24 heavy (non-hydrogen) atoms. The normalized spacial score (nSPS) is 14.4. The first-order valence-electron chi connectivity index (χ1n) is 8.15. The molecule has 1 atom stereocenters. The quantitative estimate of drug-likeness (QED) is 0.744. The SMILES string of the molecule is C=C(C)C(CCC(=O)CC)N1Cc2cc(CC(=O)O)ccc2C1=O. The molecule has 0 spiro atoms. The monoisotopic (exact) mass is 329 g/mol. The molecular formula is C19H23NO4. The van der Waals surface area contributed by atoms with Crippen molar-refractivity contribution in [2.45, 2.75) is 52.1 Å². The lowest BCUT2D eigenvalue weighted by Crippen LogP contribution is -2.36. The Morgan fingerprint density at radius 1 is 1.38 bits per heavy atom. The summed E-state index contributed by atoms with van der Waals surface area (Å²) >= 11 is 0. The number of carbonyl (C=O) groups is 3. The molecule has 0 bridgehead atoms. The van der Waals surface area contributed by atoms with Crippen LogP contribution in [0.5, 0.6) is 0 Å². The molecular weight excluding hydrogens is 306 g/mol. The maximum atomic E-state index is 12.7. The van der Waals surface area contributed by atoms with E-state index >= 15 is 0 Å². The fourth-order valence-corrected chi connectivity index (χ4v) is 3.08. The third kappa shape index (κ3) is 3.91. The van der Waals surface area contributed by atoms with Crippen LogP contribution in [0.25, 0.3) is 0 Å². The van der Waals surface area contributed by atoms with Crippen LogP contribution in [0.3, 0.4) is 0 Å². The van der Waals surface area contributed by atoms with E-state index in [4.69, 9.17) is 5.11 Å². The van der Waals surface area contributed by atoms with E-state index in [1.165, 1.54) is 0 Å². The first kappa shape index (κ1) is 17.9. The minimum absolute atomic E-state index is 0.0591. The minimum Gasteiger partial charge on any atom is -0.481 e. The van der Waals surface area contributed by atoms with Crippen molar-refractivity contribution in [2.75, 3.05) is 0 Å². The van der Waals surface area contributed by atoms with Crippen molar-refractivity contribution in [3.05, 3.63) is 47.0 Å². The number of amides is 1. The molecule has 1 N–H and O–H groups in total. The second-order valence-corrected chi connectivity index (χ2v) is 6.29. The van der Waals surface area contributed by atoms with Gasteiger partial charge in [-0.3, -0.25) is 14.4 Å². The highest BCUT2D eigenvalue weighted by molar-refractivity contribution is 5.99. The number of nitrogens with zero attached hydrogens (tertiary/aromatic N) is 1.